The van der Waals surface area contributed by atoms with Crippen LogP contribution in [0.1, 0.15) is 30.1 Å². The van der Waals surface area contributed by atoms with Gasteiger partial charge in [-0.05, 0) is 18.6 Å². The second kappa shape index (κ2) is 6.26. The van der Waals surface area contributed by atoms with E-state index in [9.17, 15) is 24.9 Å². The first-order valence-corrected chi connectivity index (χ1v) is 7.69. The average molecular weight is 311 g/mol. The highest BCUT2D eigenvalue weighted by Gasteiger charge is 2.41. The Morgan fingerprint density at radius 3 is 2.43 bits per heavy atom. The zero-order chi connectivity index (χ0) is 15.6. The molecule has 6 nitrogen and oxygen atoms in total. The van der Waals surface area contributed by atoms with Gasteiger partial charge in [0.2, 0.25) is 0 Å². The molecule has 1 aliphatic rings. The molecule has 2 unspecified atom stereocenters. The molecule has 0 spiro atoms. The molecular weight excluding hydrogens is 294 g/mol. The Bertz CT molecular complexity index is 542. The standard InChI is InChI=1S/C14H17NO5S/c1-2-3-12-15(11(7-21-12)14(19)20)13(18)8-4-9(16)6-10(17)5-8/h4-6,11-12,16-17H,2-3,7H2,1H3,(H,19,20). The van der Waals surface area contributed by atoms with Gasteiger partial charge in [-0.25, -0.2) is 4.79 Å². The van der Waals surface area contributed by atoms with Gasteiger partial charge < -0.3 is 20.2 Å². The maximum Gasteiger partial charge on any atom is 0.327 e. The average Bonchev–Trinajstić information content (AvgIpc) is 2.81. The largest absolute Gasteiger partial charge is 0.508 e. The summed E-state index contributed by atoms with van der Waals surface area (Å²) >= 11 is 1.44. The fraction of sp³-hybridized carbons (Fsp3) is 0.429. The van der Waals surface area contributed by atoms with Gasteiger partial charge in [0.15, 0.2) is 0 Å². The molecule has 0 aliphatic carbocycles. The molecule has 2 rings (SSSR count). The SMILES string of the molecule is CCCC1SCC(C(=O)O)N1C(=O)c1cc(O)cc(O)c1. The molecule has 1 amide bonds. The molecule has 0 saturated carbocycles. The minimum absolute atomic E-state index is 0.0855. The Morgan fingerprint density at radius 2 is 1.90 bits per heavy atom. The number of carbonyl (C=O) groups excluding carboxylic acids is 1. The van der Waals surface area contributed by atoms with Gasteiger partial charge in [-0.1, -0.05) is 13.3 Å². The number of carboxylic acids is 1. The van der Waals surface area contributed by atoms with E-state index in [0.29, 0.717) is 12.2 Å². The fourth-order valence-corrected chi connectivity index (χ4v) is 3.88. The van der Waals surface area contributed by atoms with Crippen molar-refractivity contribution in [1.29, 1.82) is 0 Å². The minimum Gasteiger partial charge on any atom is -0.508 e. The predicted octanol–water partition coefficient (Wildman–Crippen LogP) is 1.87. The molecule has 1 aromatic carbocycles. The number of carbonyl (C=O) groups is 2. The van der Waals surface area contributed by atoms with Gasteiger partial charge in [-0.2, -0.15) is 0 Å². The molecule has 1 aromatic rings. The molecule has 1 heterocycles. The van der Waals surface area contributed by atoms with E-state index in [0.717, 1.165) is 12.5 Å². The predicted molar refractivity (Wildman–Crippen MR) is 78.5 cm³/mol. The van der Waals surface area contributed by atoms with E-state index in [1.54, 1.807) is 0 Å². The van der Waals surface area contributed by atoms with Crippen molar-refractivity contribution in [3.63, 3.8) is 0 Å². The van der Waals surface area contributed by atoms with Crippen molar-refractivity contribution in [2.45, 2.75) is 31.2 Å². The van der Waals surface area contributed by atoms with E-state index < -0.39 is 17.9 Å². The van der Waals surface area contributed by atoms with Crippen molar-refractivity contribution >= 4 is 23.6 Å². The number of benzene rings is 1. The molecule has 21 heavy (non-hydrogen) atoms. The maximum absolute atomic E-state index is 12.6. The Kier molecular flexibility index (Phi) is 4.62. The summed E-state index contributed by atoms with van der Waals surface area (Å²) in [6.45, 7) is 1.97. The zero-order valence-electron chi connectivity index (χ0n) is 11.5. The Morgan fingerprint density at radius 1 is 1.29 bits per heavy atom. The Labute approximate surface area is 126 Å². The monoisotopic (exact) mass is 311 g/mol. The van der Waals surface area contributed by atoms with Gasteiger partial charge in [-0.15, -0.1) is 11.8 Å². The molecule has 114 valence electrons. The number of thioether (sulfide) groups is 1. The first-order valence-electron chi connectivity index (χ1n) is 6.64. The van der Waals surface area contributed by atoms with Crippen LogP contribution in [-0.4, -0.2) is 49.3 Å². The summed E-state index contributed by atoms with van der Waals surface area (Å²) in [5.74, 6) is -1.65. The molecule has 2 atom stereocenters. The lowest BCUT2D eigenvalue weighted by molar-refractivity contribution is -0.141. The lowest BCUT2D eigenvalue weighted by atomic mass is 10.1. The summed E-state index contributed by atoms with van der Waals surface area (Å²) in [7, 11) is 0. The molecule has 0 aromatic heterocycles. The molecule has 3 N–H and O–H groups in total. The number of aliphatic carboxylic acids is 1. The molecular formula is C14H17NO5S. The number of amides is 1. The van der Waals surface area contributed by atoms with Crippen LogP contribution in [0.2, 0.25) is 0 Å². The summed E-state index contributed by atoms with van der Waals surface area (Å²) in [4.78, 5) is 25.2. The van der Waals surface area contributed by atoms with E-state index in [4.69, 9.17) is 0 Å². The lowest BCUT2D eigenvalue weighted by Gasteiger charge is -2.27. The van der Waals surface area contributed by atoms with Crippen LogP contribution in [0.3, 0.4) is 0 Å². The number of carboxylic acid groups (broad SMARTS) is 1. The summed E-state index contributed by atoms with van der Waals surface area (Å²) in [6.07, 6.45) is 1.53. The number of hydrogen-bond donors (Lipinski definition) is 3. The van der Waals surface area contributed by atoms with Crippen molar-refractivity contribution in [3.05, 3.63) is 23.8 Å². The van der Waals surface area contributed by atoms with E-state index in [-0.39, 0.29) is 22.4 Å². The number of phenolic OH excluding ortho intramolecular Hbond substituents is 2. The molecule has 1 aliphatic heterocycles. The van der Waals surface area contributed by atoms with Crippen LogP contribution in [-0.2, 0) is 4.79 Å². The molecule has 0 radical (unpaired) electrons. The van der Waals surface area contributed by atoms with Gasteiger partial charge in [-0.3, -0.25) is 4.79 Å². The maximum atomic E-state index is 12.6. The van der Waals surface area contributed by atoms with Gasteiger partial charge in [0.25, 0.3) is 5.91 Å². The third-order valence-electron chi connectivity index (χ3n) is 3.30. The lowest BCUT2D eigenvalue weighted by Crippen LogP contribution is -2.45. The third-order valence-corrected chi connectivity index (χ3v) is 4.65. The first kappa shape index (κ1) is 15.5. The van der Waals surface area contributed by atoms with Gasteiger partial charge in [0, 0.05) is 17.4 Å². The van der Waals surface area contributed by atoms with Crippen molar-refractivity contribution in [2.75, 3.05) is 5.75 Å². The normalized spacial score (nSPS) is 21.5. The van der Waals surface area contributed by atoms with Crippen LogP contribution in [0.4, 0.5) is 0 Å². The molecule has 7 heteroatoms. The highest BCUT2D eigenvalue weighted by Crippen LogP contribution is 2.34. The number of hydrogen-bond acceptors (Lipinski definition) is 5. The van der Waals surface area contributed by atoms with Crippen LogP contribution >= 0.6 is 11.8 Å². The number of aromatic hydroxyl groups is 2. The second-order valence-corrected chi connectivity index (χ2v) is 6.09. The zero-order valence-corrected chi connectivity index (χ0v) is 12.3. The van der Waals surface area contributed by atoms with Gasteiger partial charge in [0.1, 0.15) is 17.5 Å². The molecule has 1 fully saturated rings. The third kappa shape index (κ3) is 3.24. The summed E-state index contributed by atoms with van der Waals surface area (Å²) < 4.78 is 0. The van der Waals surface area contributed by atoms with E-state index in [1.807, 2.05) is 6.92 Å². The highest BCUT2D eigenvalue weighted by molar-refractivity contribution is 8.00. The van der Waals surface area contributed by atoms with Gasteiger partial charge in [0.05, 0.1) is 5.37 Å². The van der Waals surface area contributed by atoms with E-state index >= 15 is 0 Å². The van der Waals surface area contributed by atoms with Crippen molar-refractivity contribution in [3.8, 4) is 11.5 Å². The molecule has 0 bridgehead atoms. The minimum atomic E-state index is -1.04. The Hall–Kier alpha value is -1.89. The number of phenols is 2. The van der Waals surface area contributed by atoms with Crippen LogP contribution in [0.25, 0.3) is 0 Å². The molecule has 1 saturated heterocycles. The summed E-state index contributed by atoms with van der Waals surface area (Å²) in [5.41, 5.74) is 0.0855. The van der Waals surface area contributed by atoms with Crippen molar-refractivity contribution in [1.82, 2.24) is 4.90 Å². The van der Waals surface area contributed by atoms with E-state index in [2.05, 4.69) is 0 Å². The fourth-order valence-electron chi connectivity index (χ4n) is 2.36. The quantitative estimate of drug-likeness (QED) is 0.785. The highest BCUT2D eigenvalue weighted by atomic mass is 32.2. The number of rotatable bonds is 4. The van der Waals surface area contributed by atoms with Crippen LogP contribution in [0, 0.1) is 0 Å². The van der Waals surface area contributed by atoms with Crippen molar-refractivity contribution in [2.24, 2.45) is 0 Å². The first-order chi connectivity index (χ1) is 9.93. The summed E-state index contributed by atoms with van der Waals surface area (Å²) in [6, 6.07) is 2.69. The second-order valence-electron chi connectivity index (χ2n) is 4.88. The topological polar surface area (TPSA) is 98.1 Å². The van der Waals surface area contributed by atoms with Crippen molar-refractivity contribution < 1.29 is 24.9 Å². The van der Waals surface area contributed by atoms with Crippen LogP contribution in [0.5, 0.6) is 11.5 Å². The Balaban J connectivity index is 2.34. The van der Waals surface area contributed by atoms with Gasteiger partial charge >= 0.3 is 5.97 Å². The smallest absolute Gasteiger partial charge is 0.327 e. The van der Waals surface area contributed by atoms with E-state index in [1.165, 1.54) is 28.8 Å². The van der Waals surface area contributed by atoms with Crippen LogP contribution < -0.4 is 0 Å². The number of nitrogens with zero attached hydrogens (tertiary/aromatic N) is 1. The van der Waals surface area contributed by atoms with Crippen LogP contribution in [0.15, 0.2) is 18.2 Å². The summed E-state index contributed by atoms with van der Waals surface area (Å²) in [5, 5.41) is 28.0.